The maximum absolute atomic E-state index is 9.60. The van der Waals surface area contributed by atoms with Crippen LogP contribution in [0.2, 0.25) is 0 Å². The molecule has 1 aromatic rings. The first kappa shape index (κ1) is 12.6. The van der Waals surface area contributed by atoms with Gasteiger partial charge in [0.05, 0.1) is 6.20 Å². The molecule has 14 heavy (non-hydrogen) atoms. The van der Waals surface area contributed by atoms with Crippen molar-refractivity contribution < 1.29 is 9.53 Å². The molecule has 0 spiro atoms. The van der Waals surface area contributed by atoms with Crippen molar-refractivity contribution in [2.24, 2.45) is 5.73 Å². The molecule has 0 bridgehead atoms. The summed E-state index contributed by atoms with van der Waals surface area (Å²) in [4.78, 5) is 9.60. The summed E-state index contributed by atoms with van der Waals surface area (Å²) < 4.78 is 4.55. The zero-order chi connectivity index (χ0) is 11.0. The lowest BCUT2D eigenvalue weighted by Gasteiger charge is -2.14. The second-order valence-electron chi connectivity index (χ2n) is 3.64. The van der Waals surface area contributed by atoms with Gasteiger partial charge in [-0.3, -0.25) is 9.89 Å². The van der Waals surface area contributed by atoms with Gasteiger partial charge in [-0.05, 0) is 20.8 Å². The highest BCUT2D eigenvalue weighted by Gasteiger charge is 2.07. The molecule has 0 amide bonds. The fourth-order valence-electron chi connectivity index (χ4n) is 0.534. The first-order valence-electron chi connectivity index (χ1n) is 4.29. The van der Waals surface area contributed by atoms with Crippen molar-refractivity contribution in [2.75, 3.05) is 0 Å². The van der Waals surface area contributed by atoms with Crippen molar-refractivity contribution in [3.05, 3.63) is 18.0 Å². The lowest BCUT2D eigenvalue weighted by molar-refractivity contribution is -0.138. The molecule has 5 heteroatoms. The van der Waals surface area contributed by atoms with Crippen LogP contribution in [0, 0.1) is 0 Å². The maximum atomic E-state index is 9.60. The average molecular weight is 199 g/mol. The van der Waals surface area contributed by atoms with Gasteiger partial charge in [0, 0.05) is 18.3 Å². The average Bonchev–Trinajstić information content (AvgIpc) is 2.54. The van der Waals surface area contributed by atoms with Crippen molar-refractivity contribution in [2.45, 2.75) is 32.9 Å². The second kappa shape index (κ2) is 6.15. The maximum Gasteiger partial charge on any atom is 0.293 e. The number of nitrogens with two attached hydrogens (primary N) is 1. The lowest BCUT2D eigenvalue weighted by Crippen LogP contribution is -2.17. The lowest BCUT2D eigenvalue weighted by atomic mass is 10.2. The predicted molar refractivity (Wildman–Crippen MR) is 53.4 cm³/mol. The Morgan fingerprint density at radius 3 is 2.43 bits per heavy atom. The van der Waals surface area contributed by atoms with Gasteiger partial charge < -0.3 is 10.5 Å². The molecule has 0 aromatic carbocycles. The summed E-state index contributed by atoms with van der Waals surface area (Å²) in [6, 6.07) is 0. The number of hydrogen-bond acceptors (Lipinski definition) is 4. The number of aromatic nitrogens is 2. The van der Waals surface area contributed by atoms with Gasteiger partial charge in [-0.25, -0.2) is 0 Å². The van der Waals surface area contributed by atoms with Crippen LogP contribution in [0.4, 0.5) is 0 Å². The molecule has 0 fully saturated rings. The van der Waals surface area contributed by atoms with Gasteiger partial charge >= 0.3 is 0 Å². The molecule has 3 N–H and O–H groups in total. The van der Waals surface area contributed by atoms with E-state index in [0.29, 0.717) is 13.0 Å². The molecule has 1 heterocycles. The molecule has 0 radical (unpaired) electrons. The summed E-state index contributed by atoms with van der Waals surface area (Å²) >= 11 is 0. The van der Waals surface area contributed by atoms with E-state index in [9.17, 15) is 4.79 Å². The van der Waals surface area contributed by atoms with Crippen molar-refractivity contribution in [3.8, 4) is 0 Å². The molecular formula is C9H17N3O2. The first-order valence-corrected chi connectivity index (χ1v) is 4.29. The number of ether oxygens (including phenoxy) is 1. The second-order valence-corrected chi connectivity index (χ2v) is 3.64. The normalized spacial score (nSPS) is 10.0. The van der Waals surface area contributed by atoms with Crippen LogP contribution >= 0.6 is 0 Å². The molecule has 0 saturated carbocycles. The highest BCUT2D eigenvalue weighted by molar-refractivity contribution is 5.37. The molecule has 0 aliphatic heterocycles. The topological polar surface area (TPSA) is 81.0 Å². The van der Waals surface area contributed by atoms with E-state index in [1.807, 2.05) is 20.8 Å². The van der Waals surface area contributed by atoms with Crippen molar-refractivity contribution in [1.82, 2.24) is 10.2 Å². The van der Waals surface area contributed by atoms with Crippen molar-refractivity contribution in [1.29, 1.82) is 0 Å². The fraction of sp³-hybridized carbons (Fsp3) is 0.556. The standard InChI is InChI=1S/C5H10O2.C4H7N3/c1-5(2,3)7-4-6;5-1-4-2-6-7-3-4/h4H,1-3H3;2-3H,1,5H2,(H,6,7). The van der Waals surface area contributed by atoms with E-state index in [2.05, 4.69) is 14.9 Å². The molecule has 5 nitrogen and oxygen atoms in total. The monoisotopic (exact) mass is 199 g/mol. The summed E-state index contributed by atoms with van der Waals surface area (Å²) in [6.07, 6.45) is 3.49. The first-order chi connectivity index (χ1) is 6.49. The van der Waals surface area contributed by atoms with E-state index in [4.69, 9.17) is 5.73 Å². The van der Waals surface area contributed by atoms with Crippen LogP contribution in [0.1, 0.15) is 26.3 Å². The number of aromatic amines is 1. The van der Waals surface area contributed by atoms with Gasteiger partial charge in [0.25, 0.3) is 6.47 Å². The van der Waals surface area contributed by atoms with Crippen LogP contribution in [-0.4, -0.2) is 22.3 Å². The quantitative estimate of drug-likeness (QED) is 0.691. The Morgan fingerprint density at radius 2 is 2.29 bits per heavy atom. The summed E-state index contributed by atoms with van der Waals surface area (Å²) in [5.41, 5.74) is 5.96. The molecule has 0 aliphatic carbocycles. The van der Waals surface area contributed by atoms with Gasteiger partial charge in [0.2, 0.25) is 0 Å². The zero-order valence-electron chi connectivity index (χ0n) is 8.78. The number of hydrogen-bond donors (Lipinski definition) is 2. The van der Waals surface area contributed by atoms with E-state index >= 15 is 0 Å². The van der Waals surface area contributed by atoms with E-state index in [0.717, 1.165) is 5.56 Å². The van der Waals surface area contributed by atoms with Crippen LogP contribution in [-0.2, 0) is 16.1 Å². The van der Waals surface area contributed by atoms with Gasteiger partial charge in [-0.15, -0.1) is 0 Å². The summed E-state index contributed by atoms with van der Waals surface area (Å²) in [6.45, 7) is 6.49. The Bertz CT molecular complexity index is 239. The highest BCUT2D eigenvalue weighted by Crippen LogP contribution is 2.02. The van der Waals surface area contributed by atoms with E-state index in [1.165, 1.54) is 0 Å². The number of H-pyrrole nitrogens is 1. The van der Waals surface area contributed by atoms with Crippen LogP contribution in [0.15, 0.2) is 12.4 Å². The molecular weight excluding hydrogens is 182 g/mol. The minimum absolute atomic E-state index is 0.318. The molecule has 1 aromatic heterocycles. The number of rotatable bonds is 2. The number of nitrogens with one attached hydrogen (secondary N) is 1. The zero-order valence-corrected chi connectivity index (χ0v) is 8.78. The third-order valence-electron chi connectivity index (χ3n) is 1.19. The van der Waals surface area contributed by atoms with E-state index < -0.39 is 0 Å². The molecule has 0 saturated heterocycles. The Kier molecular flexibility index (Phi) is 5.55. The minimum atomic E-state index is -0.318. The minimum Gasteiger partial charge on any atom is -0.462 e. The largest absolute Gasteiger partial charge is 0.462 e. The molecule has 0 unspecified atom stereocenters. The molecule has 0 atom stereocenters. The van der Waals surface area contributed by atoms with Gasteiger partial charge in [0.15, 0.2) is 0 Å². The SMILES string of the molecule is CC(C)(C)OC=O.NCc1cn[nH]c1. The van der Waals surface area contributed by atoms with Crippen LogP contribution in [0.25, 0.3) is 0 Å². The predicted octanol–water partition coefficient (Wildman–Crippen LogP) is 0.826. The summed E-state index contributed by atoms with van der Waals surface area (Å²) in [5, 5.41) is 6.34. The van der Waals surface area contributed by atoms with Gasteiger partial charge in [-0.1, -0.05) is 0 Å². The Labute approximate surface area is 83.6 Å². The van der Waals surface area contributed by atoms with Gasteiger partial charge in [-0.2, -0.15) is 5.10 Å². The number of carbonyl (C=O) groups excluding carboxylic acids is 1. The third kappa shape index (κ3) is 7.30. The molecule has 0 aliphatic rings. The summed E-state index contributed by atoms with van der Waals surface area (Å²) in [5.74, 6) is 0. The Morgan fingerprint density at radius 1 is 1.64 bits per heavy atom. The van der Waals surface area contributed by atoms with Crippen molar-refractivity contribution in [3.63, 3.8) is 0 Å². The Hall–Kier alpha value is -1.36. The van der Waals surface area contributed by atoms with Crippen LogP contribution < -0.4 is 5.73 Å². The van der Waals surface area contributed by atoms with Crippen molar-refractivity contribution >= 4 is 6.47 Å². The van der Waals surface area contributed by atoms with Crippen LogP contribution in [0.3, 0.4) is 0 Å². The van der Waals surface area contributed by atoms with Crippen LogP contribution in [0.5, 0.6) is 0 Å². The smallest absolute Gasteiger partial charge is 0.293 e. The van der Waals surface area contributed by atoms with E-state index in [-0.39, 0.29) is 5.60 Å². The third-order valence-corrected chi connectivity index (χ3v) is 1.19. The molecule has 80 valence electrons. The van der Waals surface area contributed by atoms with Gasteiger partial charge in [0.1, 0.15) is 5.60 Å². The summed E-state index contributed by atoms with van der Waals surface area (Å²) in [7, 11) is 0. The molecule has 1 rings (SSSR count). The number of carbonyl (C=O) groups is 1. The fourth-order valence-corrected chi connectivity index (χ4v) is 0.534. The van der Waals surface area contributed by atoms with E-state index in [1.54, 1.807) is 12.4 Å². The highest BCUT2D eigenvalue weighted by atomic mass is 16.5. The Balaban J connectivity index is 0.000000241. The number of nitrogens with zero attached hydrogens (tertiary/aromatic N) is 1.